The number of rotatable bonds is 6. The molecule has 0 amide bonds. The summed E-state index contributed by atoms with van der Waals surface area (Å²) in [5, 5.41) is 1.95. The normalized spacial score (nSPS) is 10.3. The van der Waals surface area contributed by atoms with E-state index in [1.54, 1.807) is 0 Å². The van der Waals surface area contributed by atoms with Gasteiger partial charge in [0.15, 0.2) is 5.78 Å². The fourth-order valence-electron chi connectivity index (χ4n) is 1.91. The maximum absolute atomic E-state index is 11.9. The highest BCUT2D eigenvalue weighted by molar-refractivity contribution is 7.12. The van der Waals surface area contributed by atoms with Crippen molar-refractivity contribution in [1.82, 2.24) is 0 Å². The molecule has 0 atom stereocenters. The van der Waals surface area contributed by atoms with Gasteiger partial charge in [-0.1, -0.05) is 24.3 Å². The average molecular weight is 259 g/mol. The summed E-state index contributed by atoms with van der Waals surface area (Å²) in [4.78, 5) is 15.0. The third kappa shape index (κ3) is 3.20. The Hall–Kier alpha value is -1.61. The van der Waals surface area contributed by atoms with Crippen LogP contribution in [0, 0.1) is 0 Å². The van der Waals surface area contributed by atoms with E-state index in [1.165, 1.54) is 17.0 Å². The van der Waals surface area contributed by atoms with Crippen LogP contribution in [-0.4, -0.2) is 18.9 Å². The number of benzene rings is 1. The highest BCUT2D eigenvalue weighted by atomic mass is 32.1. The third-order valence-electron chi connectivity index (χ3n) is 2.91. The summed E-state index contributed by atoms with van der Waals surface area (Å²) >= 11 is 1.52. The standard InChI is InChI=1S/C15H17NOS/c1-2-16(13-7-4-3-5-8-13)11-10-14(17)15-9-6-12-18-15/h3-9,12H,2,10-11H2,1H3. The highest BCUT2D eigenvalue weighted by Crippen LogP contribution is 2.15. The molecule has 0 saturated carbocycles. The van der Waals surface area contributed by atoms with Crippen molar-refractivity contribution in [2.75, 3.05) is 18.0 Å². The molecule has 0 aliphatic rings. The number of anilines is 1. The SMILES string of the molecule is CCN(CCC(=O)c1cccs1)c1ccccc1. The number of carbonyl (C=O) groups is 1. The highest BCUT2D eigenvalue weighted by Gasteiger charge is 2.09. The number of Topliss-reactive ketones (excluding diaryl/α,β-unsaturated/α-hetero) is 1. The predicted octanol–water partition coefficient (Wildman–Crippen LogP) is 3.85. The number of hydrogen-bond donors (Lipinski definition) is 0. The zero-order chi connectivity index (χ0) is 12.8. The van der Waals surface area contributed by atoms with E-state index in [9.17, 15) is 4.79 Å². The molecule has 0 unspecified atom stereocenters. The molecule has 0 radical (unpaired) electrons. The van der Waals surface area contributed by atoms with Crippen molar-refractivity contribution in [3.8, 4) is 0 Å². The Morgan fingerprint density at radius 1 is 1.17 bits per heavy atom. The minimum Gasteiger partial charge on any atom is -0.371 e. The molecule has 2 rings (SSSR count). The van der Waals surface area contributed by atoms with E-state index in [2.05, 4.69) is 24.0 Å². The molecule has 0 bridgehead atoms. The van der Waals surface area contributed by atoms with Crippen LogP contribution in [0.3, 0.4) is 0 Å². The summed E-state index contributed by atoms with van der Waals surface area (Å²) in [5.74, 6) is 0.236. The molecule has 1 aromatic heterocycles. The Kier molecular flexibility index (Phi) is 4.53. The fourth-order valence-corrected chi connectivity index (χ4v) is 2.60. The van der Waals surface area contributed by atoms with E-state index in [-0.39, 0.29) is 5.78 Å². The largest absolute Gasteiger partial charge is 0.371 e. The summed E-state index contributed by atoms with van der Waals surface area (Å²) in [6.07, 6.45) is 0.573. The second-order valence-electron chi connectivity index (χ2n) is 4.07. The molecule has 3 heteroatoms. The summed E-state index contributed by atoms with van der Waals surface area (Å²) in [5.41, 5.74) is 1.18. The third-order valence-corrected chi connectivity index (χ3v) is 3.82. The first-order valence-corrected chi connectivity index (χ1v) is 7.06. The summed E-state index contributed by atoms with van der Waals surface area (Å²) in [6.45, 7) is 3.81. The van der Waals surface area contributed by atoms with Gasteiger partial charge in [0.25, 0.3) is 0 Å². The van der Waals surface area contributed by atoms with Gasteiger partial charge in [0.2, 0.25) is 0 Å². The average Bonchev–Trinajstić information content (AvgIpc) is 2.94. The smallest absolute Gasteiger partial charge is 0.174 e. The van der Waals surface area contributed by atoms with Crippen LogP contribution in [0.5, 0.6) is 0 Å². The maximum Gasteiger partial charge on any atom is 0.174 e. The molecule has 1 heterocycles. The minimum absolute atomic E-state index is 0.236. The topological polar surface area (TPSA) is 20.3 Å². The number of carbonyl (C=O) groups excluding carboxylic acids is 1. The first-order chi connectivity index (χ1) is 8.81. The van der Waals surface area contributed by atoms with Crippen molar-refractivity contribution in [3.63, 3.8) is 0 Å². The lowest BCUT2D eigenvalue weighted by atomic mass is 10.2. The molecule has 0 N–H and O–H groups in total. The van der Waals surface area contributed by atoms with Gasteiger partial charge in [-0.05, 0) is 30.5 Å². The van der Waals surface area contributed by atoms with Gasteiger partial charge in [0.1, 0.15) is 0 Å². The van der Waals surface area contributed by atoms with Gasteiger partial charge in [-0.3, -0.25) is 4.79 Å². The van der Waals surface area contributed by atoms with Crippen molar-refractivity contribution < 1.29 is 4.79 Å². The molecule has 1 aromatic carbocycles. The maximum atomic E-state index is 11.9. The van der Waals surface area contributed by atoms with Crippen molar-refractivity contribution in [1.29, 1.82) is 0 Å². The van der Waals surface area contributed by atoms with Crippen LogP contribution in [0.1, 0.15) is 23.0 Å². The second-order valence-corrected chi connectivity index (χ2v) is 5.01. The first kappa shape index (κ1) is 12.8. The quantitative estimate of drug-likeness (QED) is 0.734. The van der Waals surface area contributed by atoms with Gasteiger partial charge < -0.3 is 4.90 Å². The Bertz CT molecular complexity index is 478. The van der Waals surface area contributed by atoms with Gasteiger partial charge in [-0.2, -0.15) is 0 Å². The van der Waals surface area contributed by atoms with Gasteiger partial charge in [-0.15, -0.1) is 11.3 Å². The zero-order valence-electron chi connectivity index (χ0n) is 10.5. The summed E-state index contributed by atoms with van der Waals surface area (Å²) in [6, 6.07) is 14.0. The van der Waals surface area contributed by atoms with Gasteiger partial charge in [0, 0.05) is 25.2 Å². The van der Waals surface area contributed by atoms with Crippen LogP contribution in [0.25, 0.3) is 0 Å². The number of ketones is 1. The van der Waals surface area contributed by atoms with Gasteiger partial charge >= 0.3 is 0 Å². The Morgan fingerprint density at radius 2 is 1.94 bits per heavy atom. The van der Waals surface area contributed by atoms with Crippen molar-refractivity contribution in [3.05, 3.63) is 52.7 Å². The molecule has 94 valence electrons. The second kappa shape index (κ2) is 6.36. The molecule has 18 heavy (non-hydrogen) atoms. The number of hydrogen-bond acceptors (Lipinski definition) is 3. The van der Waals surface area contributed by atoms with Crippen molar-refractivity contribution in [2.45, 2.75) is 13.3 Å². The van der Waals surface area contributed by atoms with Gasteiger partial charge in [-0.25, -0.2) is 0 Å². The fraction of sp³-hybridized carbons (Fsp3) is 0.267. The van der Waals surface area contributed by atoms with Crippen LogP contribution in [-0.2, 0) is 0 Å². The predicted molar refractivity (Wildman–Crippen MR) is 77.6 cm³/mol. The lowest BCUT2D eigenvalue weighted by Gasteiger charge is -2.22. The Morgan fingerprint density at radius 3 is 2.56 bits per heavy atom. The van der Waals surface area contributed by atoms with E-state index in [4.69, 9.17) is 0 Å². The Balaban J connectivity index is 1.94. The van der Waals surface area contributed by atoms with E-state index in [1.807, 2.05) is 35.7 Å². The molecule has 2 aromatic rings. The van der Waals surface area contributed by atoms with Crippen LogP contribution >= 0.6 is 11.3 Å². The van der Waals surface area contributed by atoms with Crippen LogP contribution in [0.4, 0.5) is 5.69 Å². The van der Waals surface area contributed by atoms with Crippen LogP contribution < -0.4 is 4.90 Å². The monoisotopic (exact) mass is 259 g/mol. The van der Waals surface area contributed by atoms with Crippen LogP contribution in [0.15, 0.2) is 47.8 Å². The lowest BCUT2D eigenvalue weighted by molar-refractivity contribution is 0.0988. The van der Waals surface area contributed by atoms with E-state index < -0.39 is 0 Å². The summed E-state index contributed by atoms with van der Waals surface area (Å²) in [7, 11) is 0. The molecular weight excluding hydrogens is 242 g/mol. The molecule has 0 fully saturated rings. The zero-order valence-corrected chi connectivity index (χ0v) is 11.3. The van der Waals surface area contributed by atoms with Gasteiger partial charge in [0.05, 0.1) is 4.88 Å². The molecule has 0 aliphatic heterocycles. The molecule has 0 saturated heterocycles. The first-order valence-electron chi connectivity index (χ1n) is 6.18. The lowest BCUT2D eigenvalue weighted by Crippen LogP contribution is -2.25. The van der Waals surface area contributed by atoms with Crippen molar-refractivity contribution in [2.24, 2.45) is 0 Å². The number of nitrogens with zero attached hydrogens (tertiary/aromatic N) is 1. The van der Waals surface area contributed by atoms with E-state index in [0.717, 1.165) is 18.0 Å². The van der Waals surface area contributed by atoms with Crippen LogP contribution in [0.2, 0.25) is 0 Å². The van der Waals surface area contributed by atoms with E-state index in [0.29, 0.717) is 6.42 Å². The minimum atomic E-state index is 0.236. The number of para-hydroxylation sites is 1. The molecule has 0 aliphatic carbocycles. The molecule has 2 nitrogen and oxygen atoms in total. The summed E-state index contributed by atoms with van der Waals surface area (Å²) < 4.78 is 0. The van der Waals surface area contributed by atoms with Crippen molar-refractivity contribution >= 4 is 22.8 Å². The molecule has 0 spiro atoms. The molecular formula is C15H17NOS. The van der Waals surface area contributed by atoms with E-state index >= 15 is 0 Å². The number of thiophene rings is 1. The Labute approximate surface area is 112 Å².